The van der Waals surface area contributed by atoms with Gasteiger partial charge in [-0.1, -0.05) is 0 Å². The first kappa shape index (κ1) is 6.46. The summed E-state index contributed by atoms with van der Waals surface area (Å²) in [7, 11) is 0. The Bertz CT molecular complexity index is 170. The molecule has 1 aliphatic heterocycles. The van der Waals surface area contributed by atoms with E-state index in [1.54, 1.807) is 0 Å². The molecule has 0 aromatic carbocycles. The summed E-state index contributed by atoms with van der Waals surface area (Å²) in [5.74, 6) is -4.04. The van der Waals surface area contributed by atoms with Crippen LogP contribution in [0.3, 0.4) is 0 Å². The Hall–Kier alpha value is -0.250. The standard InChI is InChI=1S/C6H8F3N/c7-5-3-10-2-1-4(5)6(5,8)9/h4,10H,1-3H2. The number of rotatable bonds is 0. The molecule has 1 heterocycles. The van der Waals surface area contributed by atoms with E-state index in [-0.39, 0.29) is 13.0 Å². The molecule has 0 bridgehead atoms. The molecule has 1 nitrogen and oxygen atoms in total. The van der Waals surface area contributed by atoms with Crippen molar-refractivity contribution in [1.82, 2.24) is 5.32 Å². The highest BCUT2D eigenvalue weighted by atomic mass is 19.3. The quantitative estimate of drug-likeness (QED) is 0.543. The molecule has 2 unspecified atom stereocenters. The maximum Gasteiger partial charge on any atom is 0.289 e. The van der Waals surface area contributed by atoms with Crippen molar-refractivity contribution in [3.05, 3.63) is 0 Å². The van der Waals surface area contributed by atoms with Crippen molar-refractivity contribution in [2.24, 2.45) is 5.92 Å². The predicted molar refractivity (Wildman–Crippen MR) is 29.8 cm³/mol. The molecule has 2 rings (SSSR count). The summed E-state index contributed by atoms with van der Waals surface area (Å²) in [6.07, 6.45) is 0.267. The van der Waals surface area contributed by atoms with Crippen LogP contribution < -0.4 is 5.32 Å². The Morgan fingerprint density at radius 2 is 2.00 bits per heavy atom. The van der Waals surface area contributed by atoms with Crippen molar-refractivity contribution in [2.45, 2.75) is 18.0 Å². The molecule has 2 atom stereocenters. The lowest BCUT2D eigenvalue weighted by atomic mass is 10.1. The molecule has 0 spiro atoms. The van der Waals surface area contributed by atoms with Crippen LogP contribution in [-0.2, 0) is 0 Å². The minimum absolute atomic E-state index is 0.176. The zero-order chi connectivity index (χ0) is 7.41. The molecule has 58 valence electrons. The molecule has 0 aromatic rings. The van der Waals surface area contributed by atoms with Crippen LogP contribution in [-0.4, -0.2) is 24.7 Å². The second kappa shape index (κ2) is 1.49. The van der Waals surface area contributed by atoms with Gasteiger partial charge in [-0.25, -0.2) is 13.2 Å². The highest BCUT2D eigenvalue weighted by Gasteiger charge is 2.82. The molecule has 4 heteroatoms. The second-order valence-corrected chi connectivity index (χ2v) is 3.00. The fourth-order valence-electron chi connectivity index (χ4n) is 1.67. The minimum atomic E-state index is -3.05. The van der Waals surface area contributed by atoms with Gasteiger partial charge in [0.25, 0.3) is 5.92 Å². The molecular formula is C6H8F3N. The van der Waals surface area contributed by atoms with E-state index in [1.165, 1.54) is 0 Å². The fraction of sp³-hybridized carbons (Fsp3) is 1.00. The molecule has 0 radical (unpaired) electrons. The Labute approximate surface area is 56.6 Å². The fourth-order valence-corrected chi connectivity index (χ4v) is 1.67. The molecule has 10 heavy (non-hydrogen) atoms. The van der Waals surface area contributed by atoms with Crippen molar-refractivity contribution >= 4 is 0 Å². The number of piperidine rings is 1. The van der Waals surface area contributed by atoms with Gasteiger partial charge in [0, 0.05) is 6.54 Å². The van der Waals surface area contributed by atoms with Gasteiger partial charge < -0.3 is 5.32 Å². The van der Waals surface area contributed by atoms with Crippen molar-refractivity contribution in [3.8, 4) is 0 Å². The van der Waals surface area contributed by atoms with Gasteiger partial charge >= 0.3 is 0 Å². The number of halogens is 3. The molecule has 0 aromatic heterocycles. The first-order chi connectivity index (χ1) is 4.59. The van der Waals surface area contributed by atoms with Gasteiger partial charge in [0.1, 0.15) is 0 Å². The average molecular weight is 151 g/mol. The maximum absolute atomic E-state index is 12.9. The summed E-state index contributed by atoms with van der Waals surface area (Å²) in [6.45, 7) is 0.344. The summed E-state index contributed by atoms with van der Waals surface area (Å²) in [5.41, 5.74) is -2.20. The third-order valence-electron chi connectivity index (χ3n) is 2.45. The Kier molecular flexibility index (Phi) is 0.966. The van der Waals surface area contributed by atoms with E-state index < -0.39 is 17.5 Å². The number of hydrogen-bond donors (Lipinski definition) is 1. The SMILES string of the molecule is FC1(F)C2CCNCC21F. The van der Waals surface area contributed by atoms with Crippen LogP contribution in [0.2, 0.25) is 0 Å². The van der Waals surface area contributed by atoms with E-state index in [9.17, 15) is 13.2 Å². The van der Waals surface area contributed by atoms with Crippen LogP contribution in [0.15, 0.2) is 0 Å². The van der Waals surface area contributed by atoms with E-state index in [0.29, 0.717) is 6.54 Å². The van der Waals surface area contributed by atoms with Crippen LogP contribution in [0.5, 0.6) is 0 Å². The van der Waals surface area contributed by atoms with E-state index in [4.69, 9.17) is 0 Å². The molecule has 1 N–H and O–H groups in total. The highest BCUT2D eigenvalue weighted by Crippen LogP contribution is 2.63. The van der Waals surface area contributed by atoms with Crippen LogP contribution in [0.1, 0.15) is 6.42 Å². The van der Waals surface area contributed by atoms with Crippen LogP contribution in [0.4, 0.5) is 13.2 Å². The second-order valence-electron chi connectivity index (χ2n) is 3.00. The van der Waals surface area contributed by atoms with E-state index >= 15 is 0 Å². The topological polar surface area (TPSA) is 12.0 Å². The van der Waals surface area contributed by atoms with Gasteiger partial charge in [0.15, 0.2) is 5.67 Å². The third-order valence-corrected chi connectivity index (χ3v) is 2.45. The summed E-state index contributed by atoms with van der Waals surface area (Å²) >= 11 is 0. The van der Waals surface area contributed by atoms with Gasteiger partial charge in [-0.05, 0) is 13.0 Å². The predicted octanol–water partition coefficient (Wildman–Crippen LogP) is 0.953. The van der Waals surface area contributed by atoms with Gasteiger partial charge in [-0.3, -0.25) is 0 Å². The van der Waals surface area contributed by atoms with Crippen molar-refractivity contribution in [2.75, 3.05) is 13.1 Å². The van der Waals surface area contributed by atoms with Gasteiger partial charge in [-0.2, -0.15) is 0 Å². The largest absolute Gasteiger partial charge is 0.313 e. The van der Waals surface area contributed by atoms with Crippen LogP contribution >= 0.6 is 0 Å². The van der Waals surface area contributed by atoms with Crippen LogP contribution in [0.25, 0.3) is 0 Å². The van der Waals surface area contributed by atoms with Crippen LogP contribution in [0, 0.1) is 5.92 Å². The Morgan fingerprint density at radius 1 is 1.30 bits per heavy atom. The summed E-state index contributed by atoms with van der Waals surface area (Å²) in [6, 6.07) is 0. The zero-order valence-electron chi connectivity index (χ0n) is 5.33. The Morgan fingerprint density at radius 3 is 2.40 bits per heavy atom. The van der Waals surface area contributed by atoms with E-state index in [1.807, 2.05) is 0 Å². The summed E-state index contributed by atoms with van der Waals surface area (Å²) in [4.78, 5) is 0. The summed E-state index contributed by atoms with van der Waals surface area (Å²) < 4.78 is 37.9. The average Bonchev–Trinajstić information content (AvgIpc) is 2.30. The summed E-state index contributed by atoms with van der Waals surface area (Å²) in [5, 5.41) is 2.62. The monoisotopic (exact) mass is 151 g/mol. The molecule has 2 aliphatic rings. The lowest BCUT2D eigenvalue weighted by molar-refractivity contribution is 0.0429. The minimum Gasteiger partial charge on any atom is -0.313 e. The smallest absolute Gasteiger partial charge is 0.289 e. The highest BCUT2D eigenvalue weighted by molar-refractivity contribution is 5.23. The third kappa shape index (κ3) is 0.493. The number of alkyl halides is 3. The number of fused-ring (bicyclic) bond motifs is 1. The maximum atomic E-state index is 12.9. The number of hydrogen-bond acceptors (Lipinski definition) is 1. The van der Waals surface area contributed by atoms with Crippen molar-refractivity contribution < 1.29 is 13.2 Å². The Balaban J connectivity index is 2.20. The molecule has 2 fully saturated rings. The molecule has 1 saturated carbocycles. The van der Waals surface area contributed by atoms with Gasteiger partial charge in [0.05, 0.1) is 5.92 Å². The first-order valence-electron chi connectivity index (χ1n) is 3.36. The first-order valence-corrected chi connectivity index (χ1v) is 3.36. The lowest BCUT2D eigenvalue weighted by Crippen LogP contribution is -2.34. The van der Waals surface area contributed by atoms with E-state index in [2.05, 4.69) is 5.32 Å². The van der Waals surface area contributed by atoms with Gasteiger partial charge in [-0.15, -0.1) is 0 Å². The van der Waals surface area contributed by atoms with Crippen molar-refractivity contribution in [3.63, 3.8) is 0 Å². The lowest BCUT2D eigenvalue weighted by Gasteiger charge is -2.12. The molecule has 0 amide bonds. The zero-order valence-corrected chi connectivity index (χ0v) is 5.33. The van der Waals surface area contributed by atoms with Gasteiger partial charge in [0.2, 0.25) is 0 Å². The number of nitrogens with one attached hydrogen (secondary N) is 1. The molecular weight excluding hydrogens is 143 g/mol. The van der Waals surface area contributed by atoms with Crippen molar-refractivity contribution in [1.29, 1.82) is 0 Å². The molecule has 1 aliphatic carbocycles. The molecule has 1 saturated heterocycles. The van der Waals surface area contributed by atoms with E-state index in [0.717, 1.165) is 0 Å². The normalized spacial score (nSPS) is 50.1.